The molecule has 0 aliphatic rings. The Hall–Kier alpha value is -1.89. The average molecular weight is 250 g/mol. The van der Waals surface area contributed by atoms with Crippen LogP contribution in [-0.4, -0.2) is 36.6 Å². The molecule has 0 amide bonds. The van der Waals surface area contributed by atoms with Crippen molar-refractivity contribution in [1.29, 1.82) is 0 Å². The van der Waals surface area contributed by atoms with Gasteiger partial charge in [0.05, 0.1) is 18.0 Å². The summed E-state index contributed by atoms with van der Waals surface area (Å²) in [5.74, 6) is -0.860. The lowest BCUT2D eigenvalue weighted by Gasteiger charge is -2.05. The van der Waals surface area contributed by atoms with Crippen LogP contribution in [0.3, 0.4) is 0 Å². The van der Waals surface area contributed by atoms with Gasteiger partial charge >= 0.3 is 5.97 Å². The first-order chi connectivity index (χ1) is 8.25. The van der Waals surface area contributed by atoms with Crippen molar-refractivity contribution in [3.8, 4) is 0 Å². The van der Waals surface area contributed by atoms with E-state index in [1.54, 1.807) is 18.6 Å². The maximum absolute atomic E-state index is 10.5. The lowest BCUT2D eigenvalue weighted by molar-refractivity contribution is -0.133. The van der Waals surface area contributed by atoms with Crippen LogP contribution in [0.1, 0.15) is 5.69 Å². The van der Waals surface area contributed by atoms with Crippen molar-refractivity contribution in [2.24, 2.45) is 0 Å². The fourth-order valence-corrected chi connectivity index (χ4v) is 1.95. The highest BCUT2D eigenvalue weighted by Crippen LogP contribution is 2.16. The molecule has 2 aromatic heterocycles. The highest BCUT2D eigenvalue weighted by Gasteiger charge is 2.07. The third-order valence-electron chi connectivity index (χ3n) is 1.96. The van der Waals surface area contributed by atoms with Crippen molar-refractivity contribution < 1.29 is 9.90 Å². The first-order valence-corrected chi connectivity index (χ1v) is 5.86. The van der Waals surface area contributed by atoms with Crippen LogP contribution in [-0.2, 0) is 11.3 Å². The minimum atomic E-state index is -0.857. The molecule has 0 unspecified atom stereocenters. The highest BCUT2D eigenvalue weighted by molar-refractivity contribution is 7.99. The van der Waals surface area contributed by atoms with Crippen LogP contribution >= 0.6 is 11.8 Å². The molecule has 88 valence electrons. The number of nitrogens with zero attached hydrogens (tertiary/aromatic N) is 4. The van der Waals surface area contributed by atoms with Gasteiger partial charge in [0.15, 0.2) is 5.16 Å². The minimum Gasteiger partial charge on any atom is -0.481 e. The van der Waals surface area contributed by atoms with Gasteiger partial charge in [0, 0.05) is 18.6 Å². The molecule has 6 nitrogen and oxygen atoms in total. The number of aliphatic carboxylic acids is 1. The molecule has 2 rings (SSSR count). The summed E-state index contributed by atoms with van der Waals surface area (Å²) in [7, 11) is 0. The zero-order valence-electron chi connectivity index (χ0n) is 8.85. The summed E-state index contributed by atoms with van der Waals surface area (Å²) in [5, 5.41) is 17.0. The predicted octanol–water partition coefficient (Wildman–Crippen LogP) is 0.898. The maximum Gasteiger partial charge on any atom is 0.313 e. The second-order valence-electron chi connectivity index (χ2n) is 3.24. The average Bonchev–Trinajstić information content (AvgIpc) is 2.75. The number of carboxylic acid groups (broad SMARTS) is 1. The number of thioether (sulfide) groups is 1. The number of hydrogen-bond donors (Lipinski definition) is 1. The summed E-state index contributed by atoms with van der Waals surface area (Å²) in [6.45, 7) is 0.537. The Kier molecular flexibility index (Phi) is 3.71. The van der Waals surface area contributed by atoms with Crippen LogP contribution in [0.25, 0.3) is 0 Å². The Morgan fingerprint density at radius 3 is 3.06 bits per heavy atom. The summed E-state index contributed by atoms with van der Waals surface area (Å²) in [5.41, 5.74) is 0.808. The molecule has 1 N–H and O–H groups in total. The summed E-state index contributed by atoms with van der Waals surface area (Å²) in [6.07, 6.45) is 5.04. The standard InChI is InChI=1S/C10H10N4O2S/c15-9(16)7-17-10-11-4-5-14(10)6-8-2-1-3-12-13-8/h1-5H,6-7H2,(H,15,16). The lowest BCUT2D eigenvalue weighted by atomic mass is 10.4. The summed E-state index contributed by atoms with van der Waals surface area (Å²) in [6, 6.07) is 3.67. The molecule has 0 saturated heterocycles. The van der Waals surface area contributed by atoms with E-state index in [1.807, 2.05) is 16.7 Å². The summed E-state index contributed by atoms with van der Waals surface area (Å²) in [4.78, 5) is 14.6. The normalized spacial score (nSPS) is 10.4. The first-order valence-electron chi connectivity index (χ1n) is 4.88. The van der Waals surface area contributed by atoms with Crippen molar-refractivity contribution >= 4 is 17.7 Å². The monoisotopic (exact) mass is 250 g/mol. The van der Waals surface area contributed by atoms with E-state index in [-0.39, 0.29) is 5.75 Å². The molecule has 0 aliphatic carbocycles. The Labute approximate surface area is 102 Å². The van der Waals surface area contributed by atoms with Gasteiger partial charge in [-0.2, -0.15) is 10.2 Å². The molecule has 0 fully saturated rings. The van der Waals surface area contributed by atoms with Crippen molar-refractivity contribution in [1.82, 2.24) is 19.7 Å². The Morgan fingerprint density at radius 1 is 1.47 bits per heavy atom. The van der Waals surface area contributed by atoms with E-state index in [1.165, 1.54) is 11.8 Å². The quantitative estimate of drug-likeness (QED) is 0.794. The second kappa shape index (κ2) is 5.44. The lowest BCUT2D eigenvalue weighted by Crippen LogP contribution is -2.05. The van der Waals surface area contributed by atoms with E-state index in [0.29, 0.717) is 11.7 Å². The van der Waals surface area contributed by atoms with Crippen LogP contribution in [0.4, 0.5) is 0 Å². The molecule has 0 atom stereocenters. The van der Waals surface area contributed by atoms with E-state index >= 15 is 0 Å². The van der Waals surface area contributed by atoms with Gasteiger partial charge in [-0.1, -0.05) is 11.8 Å². The van der Waals surface area contributed by atoms with Crippen LogP contribution in [0.2, 0.25) is 0 Å². The molecule has 0 radical (unpaired) electrons. The van der Waals surface area contributed by atoms with E-state index < -0.39 is 5.97 Å². The molecule has 2 heterocycles. The summed E-state index contributed by atoms with van der Waals surface area (Å²) >= 11 is 1.19. The van der Waals surface area contributed by atoms with Crippen molar-refractivity contribution in [3.05, 3.63) is 36.4 Å². The molecule has 17 heavy (non-hydrogen) atoms. The summed E-state index contributed by atoms with van der Waals surface area (Å²) < 4.78 is 1.84. The van der Waals surface area contributed by atoms with Gasteiger partial charge in [0.2, 0.25) is 0 Å². The molecule has 2 aromatic rings. The number of hydrogen-bond acceptors (Lipinski definition) is 5. The van der Waals surface area contributed by atoms with E-state index in [9.17, 15) is 4.79 Å². The fraction of sp³-hybridized carbons (Fsp3) is 0.200. The fourth-order valence-electron chi connectivity index (χ4n) is 1.27. The van der Waals surface area contributed by atoms with Gasteiger partial charge in [0.1, 0.15) is 0 Å². The van der Waals surface area contributed by atoms with E-state index in [4.69, 9.17) is 5.11 Å². The minimum absolute atomic E-state index is 0.00250. The number of imidazole rings is 1. The highest BCUT2D eigenvalue weighted by atomic mass is 32.2. The number of aromatic nitrogens is 4. The Bertz CT molecular complexity index is 500. The van der Waals surface area contributed by atoms with E-state index in [0.717, 1.165) is 5.69 Å². The number of rotatable bonds is 5. The molecule has 0 saturated carbocycles. The molecule has 0 bridgehead atoms. The van der Waals surface area contributed by atoms with Crippen LogP contribution in [0, 0.1) is 0 Å². The zero-order chi connectivity index (χ0) is 12.1. The first kappa shape index (κ1) is 11.6. The SMILES string of the molecule is O=C(O)CSc1nccn1Cc1cccnn1. The topological polar surface area (TPSA) is 80.9 Å². The third-order valence-corrected chi connectivity index (χ3v) is 2.95. The molecular weight excluding hydrogens is 240 g/mol. The van der Waals surface area contributed by atoms with Gasteiger partial charge in [-0.25, -0.2) is 4.98 Å². The molecule has 0 aromatic carbocycles. The molecule has 7 heteroatoms. The maximum atomic E-state index is 10.5. The zero-order valence-corrected chi connectivity index (χ0v) is 9.67. The smallest absolute Gasteiger partial charge is 0.313 e. The van der Waals surface area contributed by atoms with Crippen molar-refractivity contribution in [2.75, 3.05) is 5.75 Å². The largest absolute Gasteiger partial charge is 0.481 e. The molecule has 0 aliphatic heterocycles. The third kappa shape index (κ3) is 3.28. The molecular formula is C10H10N4O2S. The van der Waals surface area contributed by atoms with Crippen molar-refractivity contribution in [3.63, 3.8) is 0 Å². The van der Waals surface area contributed by atoms with E-state index in [2.05, 4.69) is 15.2 Å². The second-order valence-corrected chi connectivity index (χ2v) is 4.18. The van der Waals surface area contributed by atoms with Gasteiger partial charge in [-0.15, -0.1) is 0 Å². The van der Waals surface area contributed by atoms with Gasteiger partial charge in [-0.05, 0) is 12.1 Å². The molecule has 0 spiro atoms. The van der Waals surface area contributed by atoms with Crippen LogP contribution in [0.15, 0.2) is 35.9 Å². The van der Waals surface area contributed by atoms with Gasteiger partial charge < -0.3 is 9.67 Å². The van der Waals surface area contributed by atoms with Crippen LogP contribution in [0.5, 0.6) is 0 Å². The number of carboxylic acids is 1. The Morgan fingerprint density at radius 2 is 2.35 bits per heavy atom. The Balaban J connectivity index is 2.06. The van der Waals surface area contributed by atoms with Gasteiger partial charge in [0.25, 0.3) is 0 Å². The number of carbonyl (C=O) groups is 1. The van der Waals surface area contributed by atoms with Crippen LogP contribution < -0.4 is 0 Å². The van der Waals surface area contributed by atoms with Gasteiger partial charge in [-0.3, -0.25) is 4.79 Å². The predicted molar refractivity (Wildman–Crippen MR) is 61.7 cm³/mol. The van der Waals surface area contributed by atoms with Crippen molar-refractivity contribution in [2.45, 2.75) is 11.7 Å².